The van der Waals surface area contributed by atoms with Crippen LogP contribution in [-0.4, -0.2) is 20.7 Å². The highest BCUT2D eigenvalue weighted by Gasteiger charge is 2.13. The van der Waals surface area contributed by atoms with E-state index in [9.17, 15) is 4.79 Å². The van der Waals surface area contributed by atoms with Crippen molar-refractivity contribution in [2.45, 2.75) is 31.3 Å². The van der Waals surface area contributed by atoms with Gasteiger partial charge in [-0.15, -0.1) is 10.2 Å². The lowest BCUT2D eigenvalue weighted by Gasteiger charge is -2.08. The minimum absolute atomic E-state index is 0.0796. The Balaban J connectivity index is 1.78. The van der Waals surface area contributed by atoms with Crippen molar-refractivity contribution >= 4 is 23.4 Å². The van der Waals surface area contributed by atoms with Gasteiger partial charge in [0.2, 0.25) is 5.91 Å². The quantitative estimate of drug-likeness (QED) is 0.675. The van der Waals surface area contributed by atoms with Crippen LogP contribution in [0.2, 0.25) is 0 Å². The average molecular weight is 352 g/mol. The SMILES string of the molecule is CCn1c(SCc2ccccc2)nnc1-c1ccc(NC(C)=O)cc1. The molecule has 3 aromatic rings. The Kier molecular flexibility index (Phi) is 5.50. The van der Waals surface area contributed by atoms with Gasteiger partial charge in [-0.25, -0.2) is 0 Å². The van der Waals surface area contributed by atoms with E-state index in [-0.39, 0.29) is 5.91 Å². The largest absolute Gasteiger partial charge is 0.326 e. The fourth-order valence-electron chi connectivity index (χ4n) is 2.52. The molecule has 0 unspecified atom stereocenters. The predicted octanol–water partition coefficient (Wildman–Crippen LogP) is 4.22. The third-order valence-corrected chi connectivity index (χ3v) is 4.75. The van der Waals surface area contributed by atoms with Gasteiger partial charge in [-0.05, 0) is 36.8 Å². The summed E-state index contributed by atoms with van der Waals surface area (Å²) in [6.07, 6.45) is 0. The molecule has 0 bridgehead atoms. The molecule has 128 valence electrons. The van der Waals surface area contributed by atoms with Crippen LogP contribution in [0.25, 0.3) is 11.4 Å². The van der Waals surface area contributed by atoms with Crippen LogP contribution in [0.1, 0.15) is 19.4 Å². The smallest absolute Gasteiger partial charge is 0.221 e. The van der Waals surface area contributed by atoms with Gasteiger partial charge in [0.25, 0.3) is 0 Å². The minimum Gasteiger partial charge on any atom is -0.326 e. The Morgan fingerprint density at radius 1 is 1.08 bits per heavy atom. The minimum atomic E-state index is -0.0796. The van der Waals surface area contributed by atoms with Crippen LogP contribution < -0.4 is 5.32 Å². The third-order valence-electron chi connectivity index (χ3n) is 3.71. The topological polar surface area (TPSA) is 59.8 Å². The van der Waals surface area contributed by atoms with Gasteiger partial charge >= 0.3 is 0 Å². The number of benzene rings is 2. The molecule has 6 heteroatoms. The molecule has 3 rings (SSSR count). The molecule has 0 saturated heterocycles. The van der Waals surface area contributed by atoms with Crippen molar-refractivity contribution < 1.29 is 4.79 Å². The summed E-state index contributed by atoms with van der Waals surface area (Å²) in [6, 6.07) is 18.0. The Morgan fingerprint density at radius 3 is 2.44 bits per heavy atom. The molecule has 25 heavy (non-hydrogen) atoms. The Morgan fingerprint density at radius 2 is 1.80 bits per heavy atom. The number of thioether (sulfide) groups is 1. The summed E-state index contributed by atoms with van der Waals surface area (Å²) in [5, 5.41) is 12.4. The van der Waals surface area contributed by atoms with Gasteiger partial charge in [0.05, 0.1) is 0 Å². The summed E-state index contributed by atoms with van der Waals surface area (Å²) in [4.78, 5) is 11.1. The van der Waals surface area contributed by atoms with Crippen LogP contribution in [0.4, 0.5) is 5.69 Å². The summed E-state index contributed by atoms with van der Waals surface area (Å²) >= 11 is 1.68. The number of hydrogen-bond donors (Lipinski definition) is 1. The number of hydrogen-bond acceptors (Lipinski definition) is 4. The van der Waals surface area contributed by atoms with Gasteiger partial charge in [-0.1, -0.05) is 42.1 Å². The van der Waals surface area contributed by atoms with Gasteiger partial charge in [0, 0.05) is 30.5 Å². The van der Waals surface area contributed by atoms with Crippen molar-refractivity contribution in [2.75, 3.05) is 5.32 Å². The van der Waals surface area contributed by atoms with E-state index in [0.717, 1.165) is 34.5 Å². The molecular formula is C19H20N4OS. The fraction of sp³-hybridized carbons (Fsp3) is 0.211. The summed E-state index contributed by atoms with van der Waals surface area (Å²) < 4.78 is 2.11. The van der Waals surface area contributed by atoms with Crippen LogP contribution in [0.15, 0.2) is 59.8 Å². The first-order chi connectivity index (χ1) is 12.2. The maximum Gasteiger partial charge on any atom is 0.221 e. The van der Waals surface area contributed by atoms with Crippen molar-refractivity contribution in [1.82, 2.24) is 14.8 Å². The van der Waals surface area contributed by atoms with Gasteiger partial charge in [0.1, 0.15) is 0 Å². The normalized spacial score (nSPS) is 10.6. The lowest BCUT2D eigenvalue weighted by Crippen LogP contribution is -2.05. The number of amides is 1. The van der Waals surface area contributed by atoms with E-state index >= 15 is 0 Å². The lowest BCUT2D eigenvalue weighted by atomic mass is 10.2. The molecule has 0 aliphatic rings. The van der Waals surface area contributed by atoms with Crippen molar-refractivity contribution in [3.05, 3.63) is 60.2 Å². The van der Waals surface area contributed by atoms with Gasteiger partial charge in [0.15, 0.2) is 11.0 Å². The number of carbonyl (C=O) groups is 1. The highest BCUT2D eigenvalue weighted by atomic mass is 32.2. The second-order valence-electron chi connectivity index (χ2n) is 5.58. The molecule has 1 aromatic heterocycles. The van der Waals surface area contributed by atoms with Crippen LogP contribution >= 0.6 is 11.8 Å². The van der Waals surface area contributed by atoms with E-state index < -0.39 is 0 Å². The van der Waals surface area contributed by atoms with E-state index in [4.69, 9.17) is 0 Å². The van der Waals surface area contributed by atoms with E-state index in [1.165, 1.54) is 12.5 Å². The van der Waals surface area contributed by atoms with Crippen molar-refractivity contribution in [3.8, 4) is 11.4 Å². The average Bonchev–Trinajstić information content (AvgIpc) is 3.04. The molecule has 0 fully saturated rings. The molecule has 0 radical (unpaired) electrons. The van der Waals surface area contributed by atoms with E-state index in [1.54, 1.807) is 11.8 Å². The molecule has 0 atom stereocenters. The fourth-order valence-corrected chi connectivity index (χ4v) is 3.48. The van der Waals surface area contributed by atoms with Crippen molar-refractivity contribution in [2.24, 2.45) is 0 Å². The van der Waals surface area contributed by atoms with Crippen LogP contribution in [0.5, 0.6) is 0 Å². The molecule has 0 spiro atoms. The van der Waals surface area contributed by atoms with Crippen LogP contribution in [0.3, 0.4) is 0 Å². The van der Waals surface area contributed by atoms with Crippen LogP contribution in [-0.2, 0) is 17.1 Å². The molecule has 0 aliphatic carbocycles. The van der Waals surface area contributed by atoms with E-state index in [1.807, 2.05) is 42.5 Å². The molecule has 2 aromatic carbocycles. The zero-order valence-electron chi connectivity index (χ0n) is 14.3. The Bertz CT molecular complexity index is 844. The monoisotopic (exact) mass is 352 g/mol. The molecule has 1 N–H and O–H groups in total. The van der Waals surface area contributed by atoms with Gasteiger partial charge in [-0.3, -0.25) is 4.79 Å². The molecule has 5 nitrogen and oxygen atoms in total. The molecule has 1 amide bonds. The van der Waals surface area contributed by atoms with Gasteiger partial charge < -0.3 is 9.88 Å². The number of nitrogens with zero attached hydrogens (tertiary/aromatic N) is 3. The molecule has 0 aliphatic heterocycles. The zero-order valence-corrected chi connectivity index (χ0v) is 15.1. The number of nitrogens with one attached hydrogen (secondary N) is 1. The maximum atomic E-state index is 11.1. The van der Waals surface area contributed by atoms with E-state index in [0.29, 0.717) is 0 Å². The second kappa shape index (κ2) is 7.98. The van der Waals surface area contributed by atoms with Gasteiger partial charge in [-0.2, -0.15) is 0 Å². The van der Waals surface area contributed by atoms with E-state index in [2.05, 4.69) is 39.1 Å². The first-order valence-electron chi connectivity index (χ1n) is 8.15. The van der Waals surface area contributed by atoms with Crippen molar-refractivity contribution in [3.63, 3.8) is 0 Å². The first-order valence-corrected chi connectivity index (χ1v) is 9.14. The zero-order chi connectivity index (χ0) is 17.6. The summed E-state index contributed by atoms with van der Waals surface area (Å²) in [7, 11) is 0. The highest BCUT2D eigenvalue weighted by Crippen LogP contribution is 2.27. The summed E-state index contributed by atoms with van der Waals surface area (Å²) in [5.74, 6) is 1.62. The summed E-state index contributed by atoms with van der Waals surface area (Å²) in [6.45, 7) is 4.38. The maximum absolute atomic E-state index is 11.1. The molecule has 0 saturated carbocycles. The number of rotatable bonds is 6. The Labute approximate surface area is 151 Å². The summed E-state index contributed by atoms with van der Waals surface area (Å²) in [5.41, 5.74) is 3.02. The molecular weight excluding hydrogens is 332 g/mol. The Hall–Kier alpha value is -2.60. The second-order valence-corrected chi connectivity index (χ2v) is 6.53. The number of anilines is 1. The molecule has 1 heterocycles. The number of aromatic nitrogens is 3. The number of carbonyl (C=O) groups excluding carboxylic acids is 1. The predicted molar refractivity (Wildman–Crippen MR) is 101 cm³/mol. The highest BCUT2D eigenvalue weighted by molar-refractivity contribution is 7.98. The first kappa shape index (κ1) is 17.2. The van der Waals surface area contributed by atoms with Crippen LogP contribution in [0, 0.1) is 0 Å². The lowest BCUT2D eigenvalue weighted by molar-refractivity contribution is -0.114. The standard InChI is InChI=1S/C19H20N4OS/c1-3-23-18(16-9-11-17(12-10-16)20-14(2)24)21-22-19(23)25-13-15-7-5-4-6-8-15/h4-12H,3,13H2,1-2H3,(H,20,24). The third kappa shape index (κ3) is 4.28. The van der Waals surface area contributed by atoms with Crippen molar-refractivity contribution in [1.29, 1.82) is 0 Å².